The van der Waals surface area contributed by atoms with Crippen molar-refractivity contribution < 1.29 is 19.4 Å². The number of para-hydroxylation sites is 1. The Bertz CT molecular complexity index is 677. The number of benzene rings is 2. The number of carboxylic acid groups (broad SMARTS) is 1. The van der Waals surface area contributed by atoms with E-state index in [9.17, 15) is 9.59 Å². The van der Waals surface area contributed by atoms with Gasteiger partial charge >= 0.3 is 5.97 Å². The summed E-state index contributed by atoms with van der Waals surface area (Å²) in [5.74, 6) is -0.788. The normalized spacial score (nSPS) is 10.0. The lowest BCUT2D eigenvalue weighted by Crippen LogP contribution is -2.13. The summed E-state index contributed by atoms with van der Waals surface area (Å²) >= 11 is 0. The van der Waals surface area contributed by atoms with E-state index in [0.29, 0.717) is 17.0 Å². The molecule has 21 heavy (non-hydrogen) atoms. The highest BCUT2D eigenvalue weighted by Crippen LogP contribution is 2.24. The molecule has 1 amide bonds. The molecule has 0 radical (unpaired) electrons. The fourth-order valence-electron chi connectivity index (χ4n) is 2.00. The Hall–Kier alpha value is -2.82. The van der Waals surface area contributed by atoms with Crippen LogP contribution in [0.1, 0.15) is 26.3 Å². The molecule has 0 saturated heterocycles. The second-order valence-electron chi connectivity index (χ2n) is 4.49. The van der Waals surface area contributed by atoms with Gasteiger partial charge in [0.15, 0.2) is 0 Å². The average molecular weight is 285 g/mol. The Labute approximate surface area is 122 Å². The number of nitrogens with one attached hydrogen (secondary N) is 1. The van der Waals surface area contributed by atoms with Gasteiger partial charge in [-0.2, -0.15) is 0 Å². The molecule has 0 unspecified atom stereocenters. The first-order valence-corrected chi connectivity index (χ1v) is 6.31. The first-order valence-electron chi connectivity index (χ1n) is 6.31. The third kappa shape index (κ3) is 3.20. The van der Waals surface area contributed by atoms with E-state index in [4.69, 9.17) is 9.84 Å². The van der Waals surface area contributed by atoms with Crippen LogP contribution in [0.3, 0.4) is 0 Å². The summed E-state index contributed by atoms with van der Waals surface area (Å²) in [7, 11) is 1.51. The van der Waals surface area contributed by atoms with Crippen molar-refractivity contribution >= 4 is 17.6 Å². The molecule has 0 aliphatic rings. The number of aromatic carboxylic acids is 1. The molecule has 5 heteroatoms. The zero-order valence-electron chi connectivity index (χ0n) is 11.7. The van der Waals surface area contributed by atoms with Crippen molar-refractivity contribution in [2.45, 2.75) is 6.92 Å². The van der Waals surface area contributed by atoms with E-state index in [0.717, 1.165) is 5.56 Å². The SMILES string of the molecule is COc1c(C)cccc1C(=O)Nc1ccc(C(=O)O)cc1. The van der Waals surface area contributed by atoms with Crippen LogP contribution in [-0.2, 0) is 0 Å². The highest BCUT2D eigenvalue weighted by Gasteiger charge is 2.14. The predicted molar refractivity (Wildman–Crippen MR) is 79.1 cm³/mol. The molecule has 0 aliphatic heterocycles. The van der Waals surface area contributed by atoms with E-state index in [1.54, 1.807) is 24.3 Å². The number of hydrogen-bond acceptors (Lipinski definition) is 3. The van der Waals surface area contributed by atoms with Gasteiger partial charge in [0.05, 0.1) is 18.2 Å². The molecule has 0 spiro atoms. The Morgan fingerprint density at radius 3 is 2.33 bits per heavy atom. The second-order valence-corrected chi connectivity index (χ2v) is 4.49. The van der Waals surface area contributed by atoms with Crippen LogP contribution in [0.25, 0.3) is 0 Å². The Kier molecular flexibility index (Phi) is 4.23. The zero-order chi connectivity index (χ0) is 15.4. The smallest absolute Gasteiger partial charge is 0.335 e. The highest BCUT2D eigenvalue weighted by molar-refractivity contribution is 6.06. The van der Waals surface area contributed by atoms with Gasteiger partial charge in [-0.25, -0.2) is 4.79 Å². The van der Waals surface area contributed by atoms with Gasteiger partial charge in [0.2, 0.25) is 0 Å². The second kappa shape index (κ2) is 6.09. The minimum absolute atomic E-state index is 0.168. The lowest BCUT2D eigenvalue weighted by atomic mass is 10.1. The van der Waals surface area contributed by atoms with Crippen molar-refractivity contribution in [2.24, 2.45) is 0 Å². The zero-order valence-corrected chi connectivity index (χ0v) is 11.7. The van der Waals surface area contributed by atoms with Crippen LogP contribution in [0.15, 0.2) is 42.5 Å². The first-order chi connectivity index (χ1) is 10.0. The molecule has 0 aliphatic carbocycles. The summed E-state index contributed by atoms with van der Waals surface area (Å²) in [4.78, 5) is 23.0. The van der Waals surface area contributed by atoms with Crippen LogP contribution in [0.5, 0.6) is 5.75 Å². The van der Waals surface area contributed by atoms with Gasteiger partial charge in [0, 0.05) is 5.69 Å². The molecule has 2 aromatic carbocycles. The van der Waals surface area contributed by atoms with E-state index in [1.807, 2.05) is 13.0 Å². The molecule has 0 heterocycles. The number of carbonyl (C=O) groups is 2. The van der Waals surface area contributed by atoms with Crippen molar-refractivity contribution in [3.8, 4) is 5.75 Å². The maximum absolute atomic E-state index is 12.3. The van der Waals surface area contributed by atoms with E-state index in [2.05, 4.69) is 5.32 Å². The third-order valence-electron chi connectivity index (χ3n) is 3.05. The van der Waals surface area contributed by atoms with Gasteiger partial charge in [-0.3, -0.25) is 4.79 Å². The molecule has 0 bridgehead atoms. The number of rotatable bonds is 4. The molecule has 2 aromatic rings. The average Bonchev–Trinajstić information content (AvgIpc) is 2.47. The van der Waals surface area contributed by atoms with Gasteiger partial charge < -0.3 is 15.2 Å². The van der Waals surface area contributed by atoms with Crippen LogP contribution in [0.2, 0.25) is 0 Å². The number of carboxylic acids is 1. The highest BCUT2D eigenvalue weighted by atomic mass is 16.5. The summed E-state index contributed by atoms with van der Waals surface area (Å²) in [5.41, 5.74) is 1.99. The molecule has 0 aromatic heterocycles. The number of methoxy groups -OCH3 is 1. The van der Waals surface area contributed by atoms with E-state index < -0.39 is 5.97 Å². The van der Waals surface area contributed by atoms with Gasteiger partial charge in [-0.1, -0.05) is 12.1 Å². The maximum Gasteiger partial charge on any atom is 0.335 e. The molecule has 2 rings (SSSR count). The van der Waals surface area contributed by atoms with Gasteiger partial charge in [-0.15, -0.1) is 0 Å². The fraction of sp³-hybridized carbons (Fsp3) is 0.125. The number of ether oxygens (including phenoxy) is 1. The summed E-state index contributed by atoms with van der Waals surface area (Å²) in [6.07, 6.45) is 0. The largest absolute Gasteiger partial charge is 0.496 e. The maximum atomic E-state index is 12.3. The number of aryl methyl sites for hydroxylation is 1. The van der Waals surface area contributed by atoms with Crippen LogP contribution < -0.4 is 10.1 Å². The molecule has 0 saturated carbocycles. The number of amides is 1. The molecular weight excluding hydrogens is 270 g/mol. The van der Waals surface area contributed by atoms with Crippen LogP contribution >= 0.6 is 0 Å². The predicted octanol–water partition coefficient (Wildman–Crippen LogP) is 2.95. The van der Waals surface area contributed by atoms with Crippen molar-refractivity contribution in [2.75, 3.05) is 12.4 Å². The number of carbonyl (C=O) groups excluding carboxylic acids is 1. The van der Waals surface area contributed by atoms with E-state index in [-0.39, 0.29) is 11.5 Å². The van der Waals surface area contributed by atoms with Crippen molar-refractivity contribution in [1.82, 2.24) is 0 Å². The quantitative estimate of drug-likeness (QED) is 0.905. The summed E-state index contributed by atoms with van der Waals surface area (Å²) < 4.78 is 5.25. The summed E-state index contributed by atoms with van der Waals surface area (Å²) in [5, 5.41) is 11.5. The molecule has 0 fully saturated rings. The van der Waals surface area contributed by atoms with Crippen LogP contribution in [0, 0.1) is 6.92 Å². The minimum atomic E-state index is -1.01. The van der Waals surface area contributed by atoms with Crippen molar-refractivity contribution in [3.05, 3.63) is 59.2 Å². The molecular formula is C16H15NO4. The van der Waals surface area contributed by atoms with Gasteiger partial charge in [-0.05, 0) is 42.8 Å². The fourth-order valence-corrected chi connectivity index (χ4v) is 2.00. The third-order valence-corrected chi connectivity index (χ3v) is 3.05. The Balaban J connectivity index is 2.22. The lowest BCUT2D eigenvalue weighted by molar-refractivity contribution is 0.0696. The molecule has 108 valence electrons. The molecule has 5 nitrogen and oxygen atoms in total. The monoisotopic (exact) mass is 285 g/mol. The number of anilines is 1. The Morgan fingerprint density at radius 2 is 1.76 bits per heavy atom. The van der Waals surface area contributed by atoms with Crippen LogP contribution in [0.4, 0.5) is 5.69 Å². The summed E-state index contributed by atoms with van der Waals surface area (Å²) in [6, 6.07) is 11.3. The number of hydrogen-bond donors (Lipinski definition) is 2. The standard InChI is InChI=1S/C16H15NO4/c1-10-4-3-5-13(14(10)21-2)15(18)17-12-8-6-11(7-9-12)16(19)20/h3-9H,1-2H3,(H,17,18)(H,19,20). The van der Waals surface area contributed by atoms with Crippen molar-refractivity contribution in [3.63, 3.8) is 0 Å². The van der Waals surface area contributed by atoms with Gasteiger partial charge in [0.25, 0.3) is 5.91 Å². The van der Waals surface area contributed by atoms with Gasteiger partial charge in [0.1, 0.15) is 5.75 Å². The van der Waals surface area contributed by atoms with E-state index >= 15 is 0 Å². The Morgan fingerprint density at radius 1 is 1.10 bits per heavy atom. The summed E-state index contributed by atoms with van der Waals surface area (Å²) in [6.45, 7) is 1.86. The topological polar surface area (TPSA) is 75.6 Å². The lowest BCUT2D eigenvalue weighted by Gasteiger charge is -2.11. The van der Waals surface area contributed by atoms with E-state index in [1.165, 1.54) is 19.2 Å². The minimum Gasteiger partial charge on any atom is -0.496 e. The first kappa shape index (κ1) is 14.6. The molecule has 2 N–H and O–H groups in total. The van der Waals surface area contributed by atoms with Crippen LogP contribution in [-0.4, -0.2) is 24.1 Å². The van der Waals surface area contributed by atoms with Crippen molar-refractivity contribution in [1.29, 1.82) is 0 Å². The molecule has 0 atom stereocenters.